The zero-order valence-corrected chi connectivity index (χ0v) is 19.1. The van der Waals surface area contributed by atoms with Crippen molar-refractivity contribution in [1.82, 2.24) is 9.55 Å². The summed E-state index contributed by atoms with van der Waals surface area (Å²) in [5.74, 6) is 0.819. The average Bonchev–Trinajstić information content (AvgIpc) is 3.25. The van der Waals surface area contributed by atoms with Crippen LogP contribution in [-0.4, -0.2) is 19.3 Å². The van der Waals surface area contributed by atoms with Gasteiger partial charge in [0.25, 0.3) is 0 Å². The average molecular weight is 464 g/mol. The molecule has 0 bridgehead atoms. The van der Waals surface area contributed by atoms with Crippen LogP contribution in [-0.2, 0) is 10.7 Å². The second kappa shape index (κ2) is 7.93. The maximum absolute atomic E-state index is 11.5. The fraction of sp³-hybridized carbons (Fsp3) is 0.0357. The molecule has 1 aromatic heterocycles. The number of rotatable bonds is 4. The van der Waals surface area contributed by atoms with Crippen molar-refractivity contribution < 1.29 is 14.4 Å². The monoisotopic (exact) mass is 464 g/mol. The van der Waals surface area contributed by atoms with Crippen molar-refractivity contribution >= 4 is 40.2 Å². The Morgan fingerprint density at radius 1 is 0.676 bits per heavy atom. The van der Waals surface area contributed by atoms with E-state index in [1.54, 1.807) is 12.1 Å². The molecule has 1 heterocycles. The first-order valence-electron chi connectivity index (χ1n) is 11.0. The second-order valence-electron chi connectivity index (χ2n) is 8.41. The Morgan fingerprint density at radius 2 is 1.24 bits per heavy atom. The van der Waals surface area contributed by atoms with E-state index in [2.05, 4.69) is 41.0 Å². The van der Waals surface area contributed by atoms with Gasteiger partial charge in [0, 0.05) is 22.0 Å². The molecule has 0 aliphatic heterocycles. The lowest BCUT2D eigenvalue weighted by atomic mass is 10.00. The molecule has 0 aliphatic carbocycles. The maximum Gasteiger partial charge on any atom is 0.329 e. The van der Waals surface area contributed by atoms with Crippen molar-refractivity contribution in [3.8, 4) is 17.1 Å². The molecule has 6 heteroatoms. The molecule has 0 saturated carbocycles. The summed E-state index contributed by atoms with van der Waals surface area (Å²) in [7, 11) is -4.14. The normalized spacial score (nSPS) is 12.1. The maximum atomic E-state index is 11.5. The van der Waals surface area contributed by atoms with Crippen LogP contribution in [0.3, 0.4) is 0 Å². The van der Waals surface area contributed by atoms with Crippen molar-refractivity contribution in [2.24, 2.45) is 0 Å². The van der Waals surface area contributed by atoms with E-state index < -0.39 is 7.60 Å². The van der Waals surface area contributed by atoms with Crippen molar-refractivity contribution in [1.29, 1.82) is 0 Å². The fourth-order valence-electron chi connectivity index (χ4n) is 4.73. The Balaban J connectivity index is 1.72. The molecule has 0 radical (unpaired) electrons. The minimum Gasteiger partial charge on any atom is -0.324 e. The fourth-order valence-corrected chi connectivity index (χ4v) is 5.41. The molecule has 2 N–H and O–H groups in total. The number of benzene rings is 5. The molecule has 34 heavy (non-hydrogen) atoms. The smallest absolute Gasteiger partial charge is 0.324 e. The van der Waals surface area contributed by atoms with Gasteiger partial charge in [0.05, 0.1) is 17.2 Å². The third-order valence-corrected chi connectivity index (χ3v) is 6.92. The Morgan fingerprint density at radius 3 is 1.88 bits per heavy atom. The van der Waals surface area contributed by atoms with E-state index in [1.165, 1.54) is 0 Å². The zero-order valence-electron chi connectivity index (χ0n) is 18.2. The van der Waals surface area contributed by atoms with Gasteiger partial charge in [0.1, 0.15) is 5.82 Å². The number of hydrogen-bond donors (Lipinski definition) is 2. The lowest BCUT2D eigenvalue weighted by Crippen LogP contribution is -1.99. The van der Waals surface area contributed by atoms with Crippen molar-refractivity contribution in [2.45, 2.75) is 6.16 Å². The van der Waals surface area contributed by atoms with Crippen LogP contribution in [0.1, 0.15) is 5.56 Å². The summed E-state index contributed by atoms with van der Waals surface area (Å²) in [4.78, 5) is 23.9. The van der Waals surface area contributed by atoms with Crippen LogP contribution in [0.5, 0.6) is 0 Å². The molecular weight excluding hydrogens is 443 g/mol. The van der Waals surface area contributed by atoms with Gasteiger partial charge in [-0.1, -0.05) is 91.0 Å². The van der Waals surface area contributed by atoms with Gasteiger partial charge in [0.15, 0.2) is 0 Å². The van der Waals surface area contributed by atoms with Gasteiger partial charge in [-0.05, 0) is 28.5 Å². The molecule has 0 saturated heterocycles. The molecule has 5 nitrogen and oxygen atoms in total. The lowest BCUT2D eigenvalue weighted by molar-refractivity contribution is 0.371. The topological polar surface area (TPSA) is 75.3 Å². The van der Waals surface area contributed by atoms with Crippen LogP contribution >= 0.6 is 7.60 Å². The van der Waals surface area contributed by atoms with Gasteiger partial charge >= 0.3 is 7.60 Å². The molecule has 0 spiro atoms. The summed E-state index contributed by atoms with van der Waals surface area (Å²) in [6.45, 7) is 0. The van der Waals surface area contributed by atoms with E-state index in [-0.39, 0.29) is 6.16 Å². The number of imidazole rings is 1. The first kappa shape index (κ1) is 20.8. The van der Waals surface area contributed by atoms with Crippen LogP contribution in [0.2, 0.25) is 0 Å². The largest absolute Gasteiger partial charge is 0.329 e. The van der Waals surface area contributed by atoms with Crippen LogP contribution in [0.25, 0.3) is 49.7 Å². The van der Waals surface area contributed by atoms with Gasteiger partial charge in [-0.25, -0.2) is 4.98 Å². The molecule has 6 aromatic rings. The highest BCUT2D eigenvalue weighted by atomic mass is 31.2. The first-order chi connectivity index (χ1) is 16.5. The lowest BCUT2D eigenvalue weighted by Gasteiger charge is -2.13. The van der Waals surface area contributed by atoms with E-state index in [0.29, 0.717) is 5.56 Å². The summed E-state index contributed by atoms with van der Waals surface area (Å²) in [5, 5.41) is 4.51. The summed E-state index contributed by atoms with van der Waals surface area (Å²) < 4.78 is 13.6. The summed E-state index contributed by atoms with van der Waals surface area (Å²) in [6.07, 6.45) is -0.281. The van der Waals surface area contributed by atoms with Crippen molar-refractivity contribution in [2.75, 3.05) is 0 Å². The molecule has 6 rings (SSSR count). The van der Waals surface area contributed by atoms with E-state index in [1.807, 2.05) is 54.6 Å². The number of hydrogen-bond acceptors (Lipinski definition) is 2. The predicted molar refractivity (Wildman–Crippen MR) is 137 cm³/mol. The Kier molecular flexibility index (Phi) is 4.85. The third kappa shape index (κ3) is 3.51. The van der Waals surface area contributed by atoms with Gasteiger partial charge < -0.3 is 9.79 Å². The highest BCUT2D eigenvalue weighted by Gasteiger charge is 2.20. The Labute approximate surface area is 196 Å². The second-order valence-corrected chi connectivity index (χ2v) is 10.1. The van der Waals surface area contributed by atoms with E-state index in [0.717, 1.165) is 49.7 Å². The third-order valence-electron chi connectivity index (χ3n) is 6.15. The molecule has 0 unspecified atom stereocenters. The highest BCUT2D eigenvalue weighted by Crippen LogP contribution is 2.41. The molecule has 0 atom stereocenters. The first-order valence-corrected chi connectivity index (χ1v) is 12.8. The van der Waals surface area contributed by atoms with Crippen LogP contribution in [0.15, 0.2) is 103 Å². The van der Waals surface area contributed by atoms with Crippen LogP contribution in [0, 0.1) is 0 Å². The molecule has 0 fully saturated rings. The number of fused-ring (bicyclic) bond motifs is 6. The molecule has 0 aliphatic rings. The molecule has 166 valence electrons. The molecule has 5 aromatic carbocycles. The van der Waals surface area contributed by atoms with Crippen molar-refractivity contribution in [3.05, 3.63) is 109 Å². The zero-order chi connectivity index (χ0) is 23.3. The Bertz CT molecular complexity index is 1720. The van der Waals surface area contributed by atoms with Gasteiger partial charge in [-0.3, -0.25) is 9.13 Å². The van der Waals surface area contributed by atoms with Crippen molar-refractivity contribution in [3.63, 3.8) is 0 Å². The minimum atomic E-state index is -4.14. The predicted octanol–water partition coefficient (Wildman–Crippen LogP) is 6.68. The van der Waals surface area contributed by atoms with E-state index >= 15 is 0 Å². The summed E-state index contributed by atoms with van der Waals surface area (Å²) in [5.41, 5.74) is 4.41. The SMILES string of the molecule is O=P(O)(O)Cc1ccc(-n2c(-c3ccccc3)nc3c4ccccc4c4ccccc4c32)cc1. The standard InChI is InChI=1S/C28H21N2O3P/c31-34(32,33)18-19-14-16-21(17-15-19)30-27-25-13-7-5-11-23(25)22-10-4-6-12-24(22)26(27)29-28(30)20-8-2-1-3-9-20/h1-17H,18H2,(H2,31,32,33). The van der Waals surface area contributed by atoms with Crippen LogP contribution < -0.4 is 0 Å². The van der Waals surface area contributed by atoms with E-state index in [4.69, 9.17) is 4.98 Å². The number of aromatic nitrogens is 2. The van der Waals surface area contributed by atoms with Gasteiger partial charge in [-0.15, -0.1) is 0 Å². The number of nitrogens with zero attached hydrogens (tertiary/aromatic N) is 2. The summed E-state index contributed by atoms with van der Waals surface area (Å²) >= 11 is 0. The van der Waals surface area contributed by atoms with Gasteiger partial charge in [-0.2, -0.15) is 0 Å². The minimum absolute atomic E-state index is 0.281. The van der Waals surface area contributed by atoms with Crippen LogP contribution in [0.4, 0.5) is 0 Å². The Hall–Kier alpha value is -3.76. The molecular formula is C28H21N2O3P. The highest BCUT2D eigenvalue weighted by molar-refractivity contribution is 7.50. The van der Waals surface area contributed by atoms with Gasteiger partial charge in [0.2, 0.25) is 0 Å². The quantitative estimate of drug-likeness (QED) is 0.226. The van der Waals surface area contributed by atoms with E-state index in [9.17, 15) is 14.4 Å². The molecule has 0 amide bonds. The summed E-state index contributed by atoms with van der Waals surface area (Å²) in [6, 6.07) is 34.1.